The van der Waals surface area contributed by atoms with E-state index in [2.05, 4.69) is 10.3 Å². The zero-order chi connectivity index (χ0) is 18.4. The van der Waals surface area contributed by atoms with Crippen molar-refractivity contribution in [2.45, 2.75) is 0 Å². The normalized spacial score (nSPS) is 15.8. The number of hydrogen-bond donors (Lipinski definition) is 2. The molecule has 1 aliphatic rings. The number of halogens is 2. The van der Waals surface area contributed by atoms with Crippen molar-refractivity contribution in [3.8, 4) is 11.1 Å². The number of anilines is 1. The van der Waals surface area contributed by atoms with E-state index in [4.69, 9.17) is 10.2 Å². The van der Waals surface area contributed by atoms with E-state index in [0.717, 1.165) is 23.9 Å². The highest BCUT2D eigenvalue weighted by Gasteiger charge is 2.25. The number of benzene rings is 1. The van der Waals surface area contributed by atoms with Crippen LogP contribution in [-0.2, 0) is 4.79 Å². The summed E-state index contributed by atoms with van der Waals surface area (Å²) in [6, 6.07) is 3.79. The molecule has 2 amide bonds. The fourth-order valence-electron chi connectivity index (χ4n) is 2.55. The Kier molecular flexibility index (Phi) is 3.73. The lowest BCUT2D eigenvalue weighted by molar-refractivity contribution is -0.115. The number of nitrogens with zero attached hydrogens (tertiary/aromatic N) is 1. The van der Waals surface area contributed by atoms with E-state index < -0.39 is 28.5 Å². The molecule has 9 heteroatoms. The number of amides is 2. The largest absolute Gasteiger partial charge is 0.456 e. The van der Waals surface area contributed by atoms with Gasteiger partial charge in [0, 0.05) is 29.4 Å². The molecular weight excluding hydrogens is 364 g/mol. The summed E-state index contributed by atoms with van der Waals surface area (Å²) in [4.78, 5) is 27.1. The molecule has 0 radical (unpaired) electrons. The van der Waals surface area contributed by atoms with Crippen molar-refractivity contribution in [3.63, 3.8) is 0 Å². The van der Waals surface area contributed by atoms with Gasteiger partial charge in [0.2, 0.25) is 0 Å². The molecule has 1 fully saturated rings. The topological polar surface area (TPSA) is 98.2 Å². The first-order valence-electron chi connectivity index (χ1n) is 7.29. The molecule has 3 N–H and O–H groups in total. The molecule has 0 spiro atoms. The molecule has 4 rings (SSSR count). The van der Waals surface area contributed by atoms with E-state index in [1.54, 1.807) is 6.07 Å². The summed E-state index contributed by atoms with van der Waals surface area (Å²) in [6.07, 6.45) is 4.34. The van der Waals surface area contributed by atoms with Crippen molar-refractivity contribution in [1.29, 1.82) is 0 Å². The highest BCUT2D eigenvalue weighted by atomic mass is 32.2. The van der Waals surface area contributed by atoms with E-state index in [0.29, 0.717) is 22.3 Å². The number of carbonyl (C=O) groups excluding carboxylic acids is 2. The molecule has 0 unspecified atom stereocenters. The van der Waals surface area contributed by atoms with Gasteiger partial charge in [0.25, 0.3) is 11.1 Å². The lowest BCUT2D eigenvalue weighted by Crippen LogP contribution is -2.17. The van der Waals surface area contributed by atoms with Crippen LogP contribution in [-0.4, -0.2) is 16.1 Å². The summed E-state index contributed by atoms with van der Waals surface area (Å²) in [5.41, 5.74) is 5.65. The Morgan fingerprint density at radius 2 is 1.88 bits per heavy atom. The second kappa shape index (κ2) is 5.95. The average molecular weight is 373 g/mol. The number of hydrogen-bond acceptors (Lipinski definition) is 6. The maximum atomic E-state index is 13.8. The molecule has 130 valence electrons. The maximum Gasteiger partial charge on any atom is 0.290 e. The van der Waals surface area contributed by atoms with Crippen molar-refractivity contribution in [3.05, 3.63) is 52.9 Å². The van der Waals surface area contributed by atoms with E-state index in [1.807, 2.05) is 0 Å². The SMILES string of the molecule is Nc1c(F)cc(-c2cncc3cc(C=C4SC(=O)NC4=O)oc23)cc1F. The fraction of sp³-hybridized carbons (Fsp3) is 0. The van der Waals surface area contributed by atoms with Gasteiger partial charge in [-0.3, -0.25) is 19.9 Å². The molecule has 6 nitrogen and oxygen atoms in total. The Labute approximate surface area is 149 Å². The number of rotatable bonds is 2. The van der Waals surface area contributed by atoms with E-state index >= 15 is 0 Å². The second-order valence-corrected chi connectivity index (χ2v) is 6.47. The van der Waals surface area contributed by atoms with Crippen LogP contribution in [0.5, 0.6) is 0 Å². The first-order valence-corrected chi connectivity index (χ1v) is 8.11. The molecule has 0 saturated carbocycles. The number of aromatic nitrogens is 1. The second-order valence-electron chi connectivity index (χ2n) is 5.46. The number of carbonyl (C=O) groups is 2. The van der Waals surface area contributed by atoms with Gasteiger partial charge in [0.15, 0.2) is 0 Å². The van der Waals surface area contributed by atoms with Gasteiger partial charge in [-0.1, -0.05) is 0 Å². The van der Waals surface area contributed by atoms with E-state index in [-0.39, 0.29) is 10.5 Å². The number of imide groups is 1. The van der Waals surface area contributed by atoms with Gasteiger partial charge in [-0.05, 0) is 35.5 Å². The molecule has 0 bridgehead atoms. The summed E-state index contributed by atoms with van der Waals surface area (Å²) in [5.74, 6) is -1.98. The van der Waals surface area contributed by atoms with Crippen LogP contribution in [0.3, 0.4) is 0 Å². The third-order valence-electron chi connectivity index (χ3n) is 3.75. The quantitative estimate of drug-likeness (QED) is 0.525. The van der Waals surface area contributed by atoms with Gasteiger partial charge in [-0.25, -0.2) is 8.78 Å². The van der Waals surface area contributed by atoms with E-state index in [1.165, 1.54) is 18.5 Å². The van der Waals surface area contributed by atoms with Gasteiger partial charge in [-0.15, -0.1) is 0 Å². The van der Waals surface area contributed by atoms with Crippen LogP contribution in [0, 0.1) is 11.6 Å². The molecule has 1 aromatic carbocycles. The molecule has 1 aliphatic heterocycles. The van der Waals surface area contributed by atoms with Crippen LogP contribution < -0.4 is 11.1 Å². The monoisotopic (exact) mass is 373 g/mol. The zero-order valence-corrected chi connectivity index (χ0v) is 13.7. The van der Waals surface area contributed by atoms with Crippen LogP contribution in [0.1, 0.15) is 5.76 Å². The summed E-state index contributed by atoms with van der Waals surface area (Å²) in [7, 11) is 0. The van der Waals surface area contributed by atoms with E-state index in [9.17, 15) is 18.4 Å². The number of nitrogens with one attached hydrogen (secondary N) is 1. The molecule has 3 heterocycles. The lowest BCUT2D eigenvalue weighted by atomic mass is 10.1. The standard InChI is InChI=1S/C17H9F2N3O3S/c18-11-2-7(3-12(19)14(11)20)10-6-21-5-8-1-9(25-15(8)10)4-13-16(23)22-17(24)26-13/h1-6H,20H2,(H,22,23,24). The van der Waals surface area contributed by atoms with Crippen LogP contribution in [0.2, 0.25) is 0 Å². The summed E-state index contributed by atoms with van der Waals surface area (Å²) < 4.78 is 33.3. The van der Waals surface area contributed by atoms with Gasteiger partial charge in [-0.2, -0.15) is 0 Å². The van der Waals surface area contributed by atoms with Gasteiger partial charge < -0.3 is 10.2 Å². The first kappa shape index (κ1) is 16.3. The lowest BCUT2D eigenvalue weighted by Gasteiger charge is -2.05. The summed E-state index contributed by atoms with van der Waals surface area (Å²) in [6.45, 7) is 0. The maximum absolute atomic E-state index is 13.8. The summed E-state index contributed by atoms with van der Waals surface area (Å²) >= 11 is 0.757. The van der Waals surface area contributed by atoms with Crippen molar-refractivity contribution < 1.29 is 22.8 Å². The van der Waals surface area contributed by atoms with Gasteiger partial charge >= 0.3 is 0 Å². The van der Waals surface area contributed by atoms with Crippen LogP contribution >= 0.6 is 11.8 Å². The molecule has 26 heavy (non-hydrogen) atoms. The van der Waals surface area contributed by atoms with Crippen LogP contribution in [0.15, 0.2) is 39.9 Å². The van der Waals surface area contributed by atoms with Crippen LogP contribution in [0.4, 0.5) is 19.3 Å². The average Bonchev–Trinajstić information content (AvgIpc) is 3.14. The number of nitrogens with two attached hydrogens (primary N) is 1. The third kappa shape index (κ3) is 2.72. The predicted octanol–water partition coefficient (Wildman–Crippen LogP) is 3.68. The minimum absolute atomic E-state index is 0.188. The third-order valence-corrected chi connectivity index (χ3v) is 4.56. The number of thioether (sulfide) groups is 1. The van der Waals surface area contributed by atoms with Crippen molar-refractivity contribution in [2.24, 2.45) is 0 Å². The molecule has 1 saturated heterocycles. The fourth-order valence-corrected chi connectivity index (χ4v) is 3.21. The highest BCUT2D eigenvalue weighted by molar-refractivity contribution is 8.18. The Morgan fingerprint density at radius 1 is 1.15 bits per heavy atom. The van der Waals surface area contributed by atoms with Gasteiger partial charge in [0.1, 0.15) is 28.7 Å². The number of furan rings is 1. The smallest absolute Gasteiger partial charge is 0.290 e. The Balaban J connectivity index is 1.83. The van der Waals surface area contributed by atoms with Crippen molar-refractivity contribution in [1.82, 2.24) is 10.3 Å². The Hall–Kier alpha value is -3.20. The summed E-state index contributed by atoms with van der Waals surface area (Å²) in [5, 5.41) is 2.25. The molecule has 2 aromatic heterocycles. The molecule has 0 aliphatic carbocycles. The number of fused-ring (bicyclic) bond motifs is 1. The Bertz CT molecular complexity index is 1100. The molecule has 3 aromatic rings. The van der Waals surface area contributed by atoms with Crippen molar-refractivity contribution in [2.75, 3.05) is 5.73 Å². The first-order chi connectivity index (χ1) is 12.4. The highest BCUT2D eigenvalue weighted by Crippen LogP contribution is 2.34. The predicted molar refractivity (Wildman–Crippen MR) is 92.9 cm³/mol. The molecule has 0 atom stereocenters. The minimum Gasteiger partial charge on any atom is -0.456 e. The minimum atomic E-state index is -0.886. The van der Waals surface area contributed by atoms with Gasteiger partial charge in [0.05, 0.1) is 4.91 Å². The van der Waals surface area contributed by atoms with Crippen molar-refractivity contribution >= 4 is 45.6 Å². The molecular formula is C17H9F2N3O3S. The number of pyridine rings is 1. The van der Waals surface area contributed by atoms with Crippen LogP contribution in [0.25, 0.3) is 28.2 Å². The zero-order valence-electron chi connectivity index (χ0n) is 12.9. The number of nitrogen functional groups attached to an aromatic ring is 1. The Morgan fingerprint density at radius 3 is 2.54 bits per heavy atom.